The van der Waals surface area contributed by atoms with Crippen molar-refractivity contribution in [1.82, 2.24) is 9.71 Å². The minimum atomic E-state index is -3.97. The molecule has 0 saturated heterocycles. The number of pyridine rings is 1. The van der Waals surface area contributed by atoms with Gasteiger partial charge in [0.25, 0.3) is 0 Å². The molecule has 0 aliphatic rings. The summed E-state index contributed by atoms with van der Waals surface area (Å²) < 4.78 is 41.3. The number of urea groups is 1. The molecule has 7 nitrogen and oxygen atoms in total. The van der Waals surface area contributed by atoms with Crippen LogP contribution in [-0.4, -0.2) is 19.4 Å². The molecule has 32 heavy (non-hydrogen) atoms. The number of nitrogens with zero attached hydrogens (tertiary/aromatic N) is 2. The Morgan fingerprint density at radius 2 is 1.88 bits per heavy atom. The first kappa shape index (κ1) is 22.9. The molecule has 2 amide bonds. The van der Waals surface area contributed by atoms with E-state index in [0.717, 1.165) is 0 Å². The van der Waals surface area contributed by atoms with E-state index in [-0.39, 0.29) is 23.1 Å². The van der Waals surface area contributed by atoms with Gasteiger partial charge in [0.05, 0.1) is 11.4 Å². The zero-order chi connectivity index (χ0) is 23.3. The third-order valence-corrected chi connectivity index (χ3v) is 5.84. The number of carbonyl (C=O) groups excluding carboxylic acids is 1. The van der Waals surface area contributed by atoms with Crippen molar-refractivity contribution in [2.24, 2.45) is 0 Å². The van der Waals surface area contributed by atoms with E-state index in [2.05, 4.69) is 10.3 Å². The Bertz CT molecular complexity index is 1290. The van der Waals surface area contributed by atoms with Gasteiger partial charge in [-0.1, -0.05) is 44.2 Å². The lowest BCUT2D eigenvalue weighted by Crippen LogP contribution is -2.35. The standard InChI is InChI=1S/C23H21FN4O3S/c1-15(2)20-11-18(24)12-21(17-8-9-26-19(10-17)13-25)22(20)27-23(29)28-32(30,31)14-16-6-4-3-5-7-16/h3-12,15H,14H2,1-2H3,(H2,27,28,29). The molecule has 0 atom stereocenters. The summed E-state index contributed by atoms with van der Waals surface area (Å²) in [6.07, 6.45) is 1.40. The minimum absolute atomic E-state index is 0.124. The van der Waals surface area contributed by atoms with Crippen LogP contribution in [0.3, 0.4) is 0 Å². The van der Waals surface area contributed by atoms with Crippen LogP contribution in [0, 0.1) is 17.1 Å². The molecule has 0 bridgehead atoms. The molecule has 0 fully saturated rings. The molecule has 3 aromatic rings. The fraction of sp³-hybridized carbons (Fsp3) is 0.174. The first-order valence-electron chi connectivity index (χ1n) is 9.74. The number of carbonyl (C=O) groups is 1. The summed E-state index contributed by atoms with van der Waals surface area (Å²) in [5, 5.41) is 11.7. The first-order chi connectivity index (χ1) is 15.2. The number of hydrogen-bond donors (Lipinski definition) is 2. The number of sulfonamides is 1. The van der Waals surface area contributed by atoms with Crippen LogP contribution < -0.4 is 10.0 Å². The number of benzene rings is 2. The zero-order valence-electron chi connectivity index (χ0n) is 17.5. The fourth-order valence-corrected chi connectivity index (χ4v) is 4.26. The first-order valence-corrected chi connectivity index (χ1v) is 11.4. The molecule has 2 aromatic carbocycles. The van der Waals surface area contributed by atoms with Crippen LogP contribution in [0.5, 0.6) is 0 Å². The van der Waals surface area contributed by atoms with Gasteiger partial charge in [-0.3, -0.25) is 0 Å². The van der Waals surface area contributed by atoms with E-state index in [1.807, 2.05) is 24.6 Å². The van der Waals surface area contributed by atoms with Crippen LogP contribution in [0.15, 0.2) is 60.8 Å². The quantitative estimate of drug-likeness (QED) is 0.570. The van der Waals surface area contributed by atoms with E-state index in [4.69, 9.17) is 5.26 Å². The van der Waals surface area contributed by atoms with Crippen LogP contribution in [0.4, 0.5) is 14.9 Å². The molecule has 1 aromatic heterocycles. The molecule has 0 radical (unpaired) electrons. The molecule has 2 N–H and O–H groups in total. The maximum Gasteiger partial charge on any atom is 0.332 e. The summed E-state index contributed by atoms with van der Waals surface area (Å²) in [5.74, 6) is -1.08. The van der Waals surface area contributed by atoms with E-state index < -0.39 is 21.9 Å². The highest BCUT2D eigenvalue weighted by molar-refractivity contribution is 7.89. The van der Waals surface area contributed by atoms with Gasteiger partial charge in [0.2, 0.25) is 10.0 Å². The Morgan fingerprint density at radius 3 is 2.53 bits per heavy atom. The maximum atomic E-state index is 14.4. The van der Waals surface area contributed by atoms with Gasteiger partial charge in [-0.25, -0.2) is 27.3 Å². The van der Waals surface area contributed by atoms with E-state index in [1.54, 1.807) is 36.4 Å². The van der Waals surface area contributed by atoms with Gasteiger partial charge >= 0.3 is 6.03 Å². The number of nitrogens with one attached hydrogen (secondary N) is 2. The Balaban J connectivity index is 1.95. The molecule has 1 heterocycles. The van der Waals surface area contributed by atoms with E-state index in [9.17, 15) is 17.6 Å². The molecule has 0 spiro atoms. The summed E-state index contributed by atoms with van der Waals surface area (Å²) in [6.45, 7) is 3.64. The maximum absolute atomic E-state index is 14.4. The van der Waals surface area contributed by atoms with Gasteiger partial charge in [-0.05, 0) is 46.9 Å². The summed E-state index contributed by atoms with van der Waals surface area (Å²) in [6, 6.07) is 15.0. The number of hydrogen-bond acceptors (Lipinski definition) is 5. The number of nitriles is 1. The SMILES string of the molecule is CC(C)c1cc(F)cc(-c2ccnc(C#N)c2)c1NC(=O)NS(=O)(=O)Cc1ccccc1. The molecule has 0 unspecified atom stereocenters. The normalized spacial score (nSPS) is 11.1. The molecule has 3 rings (SSSR count). The predicted molar refractivity (Wildman–Crippen MR) is 120 cm³/mol. The summed E-state index contributed by atoms with van der Waals surface area (Å²) >= 11 is 0. The van der Waals surface area contributed by atoms with Crippen molar-refractivity contribution in [2.75, 3.05) is 5.32 Å². The number of rotatable bonds is 6. The second kappa shape index (κ2) is 9.58. The molecule has 9 heteroatoms. The Morgan fingerprint density at radius 1 is 1.16 bits per heavy atom. The Hall–Kier alpha value is -3.77. The van der Waals surface area contributed by atoms with Crippen molar-refractivity contribution >= 4 is 21.7 Å². The fourth-order valence-electron chi connectivity index (χ4n) is 3.22. The van der Waals surface area contributed by atoms with Crippen molar-refractivity contribution < 1.29 is 17.6 Å². The smallest absolute Gasteiger partial charge is 0.306 e. The Kier molecular flexibility index (Phi) is 6.85. The van der Waals surface area contributed by atoms with Crippen molar-refractivity contribution in [2.45, 2.75) is 25.5 Å². The van der Waals surface area contributed by atoms with Crippen LogP contribution in [0.25, 0.3) is 11.1 Å². The molecule has 0 aliphatic heterocycles. The van der Waals surface area contributed by atoms with Gasteiger partial charge in [0.15, 0.2) is 0 Å². The van der Waals surface area contributed by atoms with Crippen LogP contribution >= 0.6 is 0 Å². The van der Waals surface area contributed by atoms with Gasteiger partial charge in [-0.15, -0.1) is 0 Å². The number of anilines is 1. The van der Waals surface area contributed by atoms with Crippen LogP contribution in [0.2, 0.25) is 0 Å². The number of amides is 2. The second-order valence-electron chi connectivity index (χ2n) is 7.41. The molecule has 164 valence electrons. The predicted octanol–water partition coefficient (Wildman–Crippen LogP) is 4.53. The molecular weight excluding hydrogens is 431 g/mol. The number of halogens is 1. The topological polar surface area (TPSA) is 112 Å². The largest absolute Gasteiger partial charge is 0.332 e. The second-order valence-corrected chi connectivity index (χ2v) is 9.14. The third kappa shape index (κ3) is 5.68. The van der Waals surface area contributed by atoms with Crippen molar-refractivity contribution in [1.29, 1.82) is 5.26 Å². The lowest BCUT2D eigenvalue weighted by Gasteiger charge is -2.19. The lowest BCUT2D eigenvalue weighted by atomic mass is 9.94. The molecular formula is C23H21FN4O3S. The van der Waals surface area contributed by atoms with Crippen molar-refractivity contribution in [3.63, 3.8) is 0 Å². The minimum Gasteiger partial charge on any atom is -0.306 e. The van der Waals surface area contributed by atoms with Crippen molar-refractivity contribution in [3.05, 3.63) is 83.4 Å². The van der Waals surface area contributed by atoms with Crippen molar-refractivity contribution in [3.8, 4) is 17.2 Å². The van der Waals surface area contributed by atoms with Gasteiger partial charge in [0, 0.05) is 11.8 Å². The third-order valence-electron chi connectivity index (χ3n) is 4.63. The summed E-state index contributed by atoms with van der Waals surface area (Å²) in [4.78, 5) is 16.5. The molecule has 0 aliphatic carbocycles. The monoisotopic (exact) mass is 452 g/mol. The number of aromatic nitrogens is 1. The average Bonchev–Trinajstić information content (AvgIpc) is 2.74. The zero-order valence-corrected chi connectivity index (χ0v) is 18.3. The summed E-state index contributed by atoms with van der Waals surface area (Å²) in [5.41, 5.74) is 2.15. The van der Waals surface area contributed by atoms with E-state index in [0.29, 0.717) is 22.3 Å². The highest BCUT2D eigenvalue weighted by atomic mass is 32.2. The van der Waals surface area contributed by atoms with Crippen LogP contribution in [-0.2, 0) is 15.8 Å². The van der Waals surface area contributed by atoms with Gasteiger partial charge in [0.1, 0.15) is 17.6 Å². The van der Waals surface area contributed by atoms with Gasteiger partial charge in [-0.2, -0.15) is 5.26 Å². The van der Waals surface area contributed by atoms with E-state index >= 15 is 0 Å². The highest BCUT2D eigenvalue weighted by Crippen LogP contribution is 2.36. The van der Waals surface area contributed by atoms with Gasteiger partial charge < -0.3 is 5.32 Å². The lowest BCUT2D eigenvalue weighted by molar-refractivity contribution is 0.256. The average molecular weight is 453 g/mol. The Labute approximate surface area is 186 Å². The van der Waals surface area contributed by atoms with Crippen LogP contribution in [0.1, 0.15) is 36.6 Å². The highest BCUT2D eigenvalue weighted by Gasteiger charge is 2.21. The molecule has 0 saturated carbocycles. The van der Waals surface area contributed by atoms with E-state index in [1.165, 1.54) is 24.4 Å². The summed E-state index contributed by atoms with van der Waals surface area (Å²) in [7, 11) is -3.97.